The number of aryl methyl sites for hydroxylation is 1. The lowest BCUT2D eigenvalue weighted by molar-refractivity contribution is -0.193. The van der Waals surface area contributed by atoms with E-state index in [2.05, 4.69) is 9.97 Å². The highest BCUT2D eigenvalue weighted by atomic mass is 32.2. The summed E-state index contributed by atoms with van der Waals surface area (Å²) in [5, 5.41) is 0.824. The number of fused-ring (bicyclic) bond motifs is 2. The van der Waals surface area contributed by atoms with Crippen molar-refractivity contribution >= 4 is 33.7 Å². The molecule has 2 aliphatic heterocycles. The highest BCUT2D eigenvalue weighted by molar-refractivity contribution is 8.13. The van der Waals surface area contributed by atoms with Crippen LogP contribution in [0.2, 0.25) is 0 Å². The van der Waals surface area contributed by atoms with Crippen LogP contribution in [0.3, 0.4) is 0 Å². The molecular weight excluding hydrogens is 356 g/mol. The first-order valence-electron chi connectivity index (χ1n) is 8.50. The van der Waals surface area contributed by atoms with Gasteiger partial charge >= 0.3 is 0 Å². The lowest BCUT2D eigenvalue weighted by Crippen LogP contribution is -2.31. The number of nitrogens with two attached hydrogens (primary N) is 1. The Labute approximate surface area is 155 Å². The number of carbonyl (C=O) groups excluding carboxylic acids is 1. The molecule has 4 rings (SSSR count). The molecule has 0 amide bonds. The molecule has 2 aromatic heterocycles. The Morgan fingerprint density at radius 3 is 2.81 bits per heavy atom. The number of nitrogen functional groups attached to an aromatic ring is 1. The van der Waals surface area contributed by atoms with Gasteiger partial charge in [-0.05, 0) is 26.8 Å². The van der Waals surface area contributed by atoms with Crippen LogP contribution in [0.4, 0.5) is 5.82 Å². The highest BCUT2D eigenvalue weighted by Crippen LogP contribution is 2.44. The molecule has 26 heavy (non-hydrogen) atoms. The van der Waals surface area contributed by atoms with Gasteiger partial charge in [0.05, 0.1) is 11.5 Å². The minimum Gasteiger partial charge on any atom is -0.383 e. The third-order valence-electron chi connectivity index (χ3n) is 4.56. The van der Waals surface area contributed by atoms with Gasteiger partial charge in [-0.15, -0.1) is 0 Å². The van der Waals surface area contributed by atoms with Gasteiger partial charge in [0.25, 0.3) is 0 Å². The van der Waals surface area contributed by atoms with E-state index < -0.39 is 12.0 Å². The average molecular weight is 378 g/mol. The summed E-state index contributed by atoms with van der Waals surface area (Å²) in [6.45, 7) is 7.12. The molecule has 0 radical (unpaired) electrons. The van der Waals surface area contributed by atoms with Crippen LogP contribution in [0.15, 0.2) is 12.3 Å². The van der Waals surface area contributed by atoms with Gasteiger partial charge in [-0.1, -0.05) is 11.8 Å². The summed E-state index contributed by atoms with van der Waals surface area (Å²) in [7, 11) is 0. The molecule has 0 bridgehead atoms. The van der Waals surface area contributed by atoms with Crippen molar-refractivity contribution in [3.63, 3.8) is 0 Å². The highest BCUT2D eigenvalue weighted by Gasteiger charge is 2.55. The van der Waals surface area contributed by atoms with Crippen molar-refractivity contribution in [3.05, 3.63) is 18.1 Å². The van der Waals surface area contributed by atoms with E-state index in [9.17, 15) is 4.79 Å². The second-order valence-corrected chi connectivity index (χ2v) is 8.25. The summed E-state index contributed by atoms with van der Waals surface area (Å²) in [5.41, 5.74) is 6.73. The van der Waals surface area contributed by atoms with Crippen LogP contribution in [-0.2, 0) is 19.0 Å². The van der Waals surface area contributed by atoms with Crippen LogP contribution >= 0.6 is 11.8 Å². The van der Waals surface area contributed by atoms with Crippen molar-refractivity contribution < 1.29 is 19.0 Å². The van der Waals surface area contributed by atoms with E-state index in [4.69, 9.17) is 19.9 Å². The zero-order chi connectivity index (χ0) is 18.6. The van der Waals surface area contributed by atoms with Gasteiger partial charge in [0.2, 0.25) is 0 Å². The number of carbonyl (C=O) groups is 1. The molecule has 140 valence electrons. The topological polar surface area (TPSA) is 101 Å². The van der Waals surface area contributed by atoms with E-state index in [0.29, 0.717) is 23.0 Å². The normalized spacial score (nSPS) is 30.0. The first-order chi connectivity index (χ1) is 12.2. The van der Waals surface area contributed by atoms with Gasteiger partial charge in [-0.2, -0.15) is 0 Å². The predicted molar refractivity (Wildman–Crippen MR) is 97.6 cm³/mol. The molecule has 4 heterocycles. The number of rotatable bonds is 3. The molecule has 9 heteroatoms. The molecule has 0 saturated carbocycles. The quantitative estimate of drug-likeness (QED) is 0.865. The molecule has 2 fully saturated rings. The number of thioether (sulfide) groups is 1. The second kappa shape index (κ2) is 6.19. The second-order valence-electron chi connectivity index (χ2n) is 7.05. The number of hydrogen-bond acceptors (Lipinski definition) is 8. The number of hydrogen-bond donors (Lipinski definition) is 1. The third-order valence-corrected chi connectivity index (χ3v) is 5.47. The van der Waals surface area contributed by atoms with E-state index in [1.807, 2.05) is 30.7 Å². The lowest BCUT2D eigenvalue weighted by Gasteiger charge is -2.25. The van der Waals surface area contributed by atoms with Crippen molar-refractivity contribution in [1.82, 2.24) is 14.5 Å². The van der Waals surface area contributed by atoms with Crippen LogP contribution in [0.1, 0.15) is 32.8 Å². The molecule has 2 aromatic rings. The predicted octanol–water partition coefficient (Wildman–Crippen LogP) is 2.02. The molecule has 0 aromatic carbocycles. The molecule has 0 aliphatic carbocycles. The Balaban J connectivity index is 1.71. The summed E-state index contributed by atoms with van der Waals surface area (Å²) >= 11 is 1.23. The van der Waals surface area contributed by atoms with Crippen LogP contribution < -0.4 is 5.73 Å². The van der Waals surface area contributed by atoms with Gasteiger partial charge in [0.15, 0.2) is 17.1 Å². The Hall–Kier alpha value is -1.68. The van der Waals surface area contributed by atoms with Crippen molar-refractivity contribution in [2.24, 2.45) is 0 Å². The largest absolute Gasteiger partial charge is 0.383 e. The molecule has 0 unspecified atom stereocenters. The van der Waals surface area contributed by atoms with Gasteiger partial charge in [0, 0.05) is 18.9 Å². The number of nitrogens with zero attached hydrogens (tertiary/aromatic N) is 3. The molecule has 2 aliphatic rings. The van der Waals surface area contributed by atoms with Crippen molar-refractivity contribution in [1.29, 1.82) is 0 Å². The fourth-order valence-electron chi connectivity index (χ4n) is 3.59. The van der Waals surface area contributed by atoms with Crippen LogP contribution in [-0.4, -0.2) is 49.5 Å². The molecular formula is C17H22N4O4S. The summed E-state index contributed by atoms with van der Waals surface area (Å²) in [6.07, 6.45) is 0.671. The Kier molecular flexibility index (Phi) is 4.22. The van der Waals surface area contributed by atoms with E-state index >= 15 is 0 Å². The van der Waals surface area contributed by atoms with Crippen LogP contribution in [0.5, 0.6) is 0 Å². The van der Waals surface area contributed by atoms with Crippen molar-refractivity contribution in [2.45, 2.75) is 58.0 Å². The summed E-state index contributed by atoms with van der Waals surface area (Å²) < 4.78 is 20.3. The number of ether oxygens (including phenoxy) is 3. The fraction of sp³-hybridized carbons (Fsp3) is 0.588. The smallest absolute Gasteiger partial charge is 0.185 e. The van der Waals surface area contributed by atoms with Crippen molar-refractivity contribution in [3.8, 4) is 0 Å². The summed E-state index contributed by atoms with van der Waals surface area (Å²) in [5.74, 6) is 0.844. The minimum atomic E-state index is -0.705. The fourth-order valence-corrected chi connectivity index (χ4v) is 4.26. The Bertz CT molecular complexity index is 868. The lowest BCUT2D eigenvalue weighted by atomic mass is 10.1. The molecule has 0 spiro atoms. The van der Waals surface area contributed by atoms with Gasteiger partial charge < -0.3 is 24.5 Å². The van der Waals surface area contributed by atoms with E-state index in [0.717, 1.165) is 5.39 Å². The van der Waals surface area contributed by atoms with Crippen LogP contribution in [0, 0.1) is 6.92 Å². The maximum atomic E-state index is 11.4. The van der Waals surface area contributed by atoms with Gasteiger partial charge in [-0.25, -0.2) is 9.97 Å². The number of anilines is 1. The summed E-state index contributed by atoms with van der Waals surface area (Å²) in [4.78, 5) is 20.1. The third kappa shape index (κ3) is 2.98. The average Bonchev–Trinajstić information content (AvgIpc) is 3.16. The monoisotopic (exact) mass is 378 g/mol. The zero-order valence-corrected chi connectivity index (χ0v) is 15.9. The zero-order valence-electron chi connectivity index (χ0n) is 15.1. The van der Waals surface area contributed by atoms with Gasteiger partial charge in [-0.3, -0.25) is 4.79 Å². The first-order valence-corrected chi connectivity index (χ1v) is 9.49. The van der Waals surface area contributed by atoms with E-state index in [1.165, 1.54) is 11.8 Å². The SMILES string of the molecule is CC(=O)SC[C@H]1O[C@@H](n2ccc3c(N)nc(C)nc32)[C@@H]2OC(C)(C)O[C@@H]21. The van der Waals surface area contributed by atoms with Gasteiger partial charge in [0.1, 0.15) is 29.5 Å². The molecule has 4 atom stereocenters. The number of aromatic nitrogens is 3. The summed E-state index contributed by atoms with van der Waals surface area (Å²) in [6, 6.07) is 1.88. The standard InChI is InChI=1S/C17H22N4O4S/c1-8-19-14(18)10-5-6-21(15(10)20-8)16-13-12(24-17(3,4)25-13)11(23-16)7-26-9(2)22/h5-6,11-13,16H,7H2,1-4H3,(H2,18,19,20)/t11-,12-,13-,16-/m1/s1. The van der Waals surface area contributed by atoms with E-state index in [-0.39, 0.29) is 23.4 Å². The maximum absolute atomic E-state index is 11.4. The maximum Gasteiger partial charge on any atom is 0.185 e. The molecule has 2 N–H and O–H groups in total. The first kappa shape index (κ1) is 17.7. The molecule has 2 saturated heterocycles. The Morgan fingerprint density at radius 1 is 1.35 bits per heavy atom. The Morgan fingerprint density at radius 2 is 2.08 bits per heavy atom. The molecule has 8 nitrogen and oxygen atoms in total. The van der Waals surface area contributed by atoms with Crippen LogP contribution in [0.25, 0.3) is 11.0 Å². The minimum absolute atomic E-state index is 0.0503. The van der Waals surface area contributed by atoms with E-state index in [1.54, 1.807) is 13.8 Å². The van der Waals surface area contributed by atoms with Crippen molar-refractivity contribution in [2.75, 3.05) is 11.5 Å².